The molecule has 1 unspecified atom stereocenters. The van der Waals surface area contributed by atoms with E-state index < -0.39 is 11.5 Å². The number of aryl methyl sites for hydroxylation is 1. The van der Waals surface area contributed by atoms with Crippen molar-refractivity contribution in [3.8, 4) is 6.07 Å². The summed E-state index contributed by atoms with van der Waals surface area (Å²) in [7, 11) is 0. The number of nitrogens with zero attached hydrogens (tertiary/aromatic N) is 1. The SMILES string of the molecule is Cc1ccc(C(O)C2(C#N)CCCCCC2)o1. The van der Waals surface area contributed by atoms with E-state index in [9.17, 15) is 10.4 Å². The Morgan fingerprint density at radius 2 is 1.94 bits per heavy atom. The molecular formula is C14H19NO2. The first kappa shape index (κ1) is 12.2. The number of hydrogen-bond donors (Lipinski definition) is 1. The van der Waals surface area contributed by atoms with Crippen molar-refractivity contribution in [2.75, 3.05) is 0 Å². The van der Waals surface area contributed by atoms with E-state index in [0.29, 0.717) is 5.76 Å². The first-order valence-corrected chi connectivity index (χ1v) is 6.34. The van der Waals surface area contributed by atoms with E-state index in [2.05, 4.69) is 6.07 Å². The Bertz CT molecular complexity index is 408. The Kier molecular flexibility index (Phi) is 3.54. The standard InChI is InChI=1S/C14H19NO2/c1-11-6-7-12(17-11)13(16)14(10-15)8-4-2-3-5-9-14/h6-7,13,16H,2-5,8-9H2,1H3. The molecule has 0 aromatic carbocycles. The maximum absolute atomic E-state index is 10.4. The van der Waals surface area contributed by atoms with Crippen LogP contribution in [0.2, 0.25) is 0 Å². The summed E-state index contributed by atoms with van der Waals surface area (Å²) in [6.45, 7) is 1.85. The van der Waals surface area contributed by atoms with Crippen molar-refractivity contribution in [2.45, 2.75) is 51.6 Å². The zero-order valence-electron chi connectivity index (χ0n) is 10.3. The Balaban J connectivity index is 2.25. The fraction of sp³-hybridized carbons (Fsp3) is 0.643. The normalized spacial score (nSPS) is 21.5. The molecule has 2 rings (SSSR count). The molecule has 3 nitrogen and oxygen atoms in total. The second-order valence-electron chi connectivity index (χ2n) is 5.03. The molecule has 1 heterocycles. The van der Waals surface area contributed by atoms with E-state index in [4.69, 9.17) is 4.42 Å². The zero-order chi connectivity index (χ0) is 12.3. The second-order valence-corrected chi connectivity index (χ2v) is 5.03. The van der Waals surface area contributed by atoms with Crippen molar-refractivity contribution in [1.29, 1.82) is 5.26 Å². The van der Waals surface area contributed by atoms with Gasteiger partial charge >= 0.3 is 0 Å². The van der Waals surface area contributed by atoms with Gasteiger partial charge in [0.1, 0.15) is 17.6 Å². The lowest BCUT2D eigenvalue weighted by Crippen LogP contribution is -2.26. The van der Waals surface area contributed by atoms with Crippen LogP contribution in [0.25, 0.3) is 0 Å². The van der Waals surface area contributed by atoms with Gasteiger partial charge in [-0.1, -0.05) is 25.7 Å². The number of aliphatic hydroxyl groups is 1. The Morgan fingerprint density at radius 1 is 1.29 bits per heavy atom. The lowest BCUT2D eigenvalue weighted by Gasteiger charge is -2.29. The first-order chi connectivity index (χ1) is 8.18. The van der Waals surface area contributed by atoms with Gasteiger partial charge < -0.3 is 9.52 Å². The van der Waals surface area contributed by atoms with Crippen molar-refractivity contribution in [3.05, 3.63) is 23.7 Å². The summed E-state index contributed by atoms with van der Waals surface area (Å²) in [5.74, 6) is 1.31. The van der Waals surface area contributed by atoms with E-state index in [1.54, 1.807) is 6.07 Å². The molecule has 1 fully saturated rings. The van der Waals surface area contributed by atoms with Crippen LogP contribution in [0, 0.1) is 23.7 Å². The van der Waals surface area contributed by atoms with Gasteiger partial charge in [-0.3, -0.25) is 0 Å². The Hall–Kier alpha value is -1.27. The molecule has 0 aliphatic heterocycles. The monoisotopic (exact) mass is 233 g/mol. The van der Waals surface area contributed by atoms with Crippen LogP contribution in [-0.4, -0.2) is 5.11 Å². The predicted molar refractivity (Wildman–Crippen MR) is 64.2 cm³/mol. The molecule has 1 aromatic heterocycles. The summed E-state index contributed by atoms with van der Waals surface area (Å²) in [4.78, 5) is 0. The molecule has 0 bridgehead atoms. The van der Waals surface area contributed by atoms with Crippen molar-refractivity contribution < 1.29 is 9.52 Å². The fourth-order valence-electron chi connectivity index (χ4n) is 2.68. The molecular weight excluding hydrogens is 214 g/mol. The summed E-state index contributed by atoms with van der Waals surface area (Å²) in [5, 5.41) is 19.9. The van der Waals surface area contributed by atoms with Crippen molar-refractivity contribution in [3.63, 3.8) is 0 Å². The molecule has 1 aliphatic carbocycles. The minimum Gasteiger partial charge on any atom is -0.464 e. The van der Waals surface area contributed by atoms with Crippen LogP contribution in [0.15, 0.2) is 16.5 Å². The number of hydrogen-bond acceptors (Lipinski definition) is 3. The number of nitriles is 1. The highest BCUT2D eigenvalue weighted by Gasteiger charge is 2.40. The van der Waals surface area contributed by atoms with Crippen molar-refractivity contribution in [1.82, 2.24) is 0 Å². The highest BCUT2D eigenvalue weighted by Crippen LogP contribution is 2.44. The van der Waals surface area contributed by atoms with E-state index in [0.717, 1.165) is 44.3 Å². The minimum absolute atomic E-state index is 0.533. The van der Waals surface area contributed by atoms with Gasteiger partial charge in [0.25, 0.3) is 0 Å². The molecule has 17 heavy (non-hydrogen) atoms. The van der Waals surface area contributed by atoms with E-state index in [1.807, 2.05) is 13.0 Å². The van der Waals surface area contributed by atoms with Gasteiger partial charge in [-0.05, 0) is 31.9 Å². The average molecular weight is 233 g/mol. The molecule has 1 N–H and O–H groups in total. The molecule has 3 heteroatoms. The lowest BCUT2D eigenvalue weighted by atomic mass is 9.76. The number of aliphatic hydroxyl groups excluding tert-OH is 1. The molecule has 92 valence electrons. The van der Waals surface area contributed by atoms with E-state index >= 15 is 0 Å². The van der Waals surface area contributed by atoms with Gasteiger partial charge in [0.2, 0.25) is 0 Å². The fourth-order valence-corrected chi connectivity index (χ4v) is 2.68. The maximum Gasteiger partial charge on any atom is 0.134 e. The van der Waals surface area contributed by atoms with Crippen LogP contribution in [0.1, 0.15) is 56.1 Å². The van der Waals surface area contributed by atoms with Gasteiger partial charge in [-0.25, -0.2) is 0 Å². The molecule has 0 amide bonds. The van der Waals surface area contributed by atoms with Gasteiger partial charge in [0.05, 0.1) is 11.5 Å². The quantitative estimate of drug-likeness (QED) is 0.795. The van der Waals surface area contributed by atoms with Gasteiger partial charge in [-0.2, -0.15) is 5.26 Å². The maximum atomic E-state index is 10.4. The summed E-state index contributed by atoms with van der Waals surface area (Å²) < 4.78 is 5.47. The minimum atomic E-state index is -0.792. The van der Waals surface area contributed by atoms with Gasteiger partial charge in [0.15, 0.2) is 0 Å². The van der Waals surface area contributed by atoms with Crippen molar-refractivity contribution in [2.24, 2.45) is 5.41 Å². The van der Waals surface area contributed by atoms with Crippen LogP contribution >= 0.6 is 0 Å². The molecule has 0 radical (unpaired) electrons. The van der Waals surface area contributed by atoms with Crippen molar-refractivity contribution >= 4 is 0 Å². The average Bonchev–Trinajstić information content (AvgIpc) is 2.64. The summed E-state index contributed by atoms with van der Waals surface area (Å²) in [5.41, 5.74) is -0.652. The summed E-state index contributed by atoms with van der Waals surface area (Å²) in [6.07, 6.45) is 5.10. The van der Waals surface area contributed by atoms with Crippen LogP contribution in [0.3, 0.4) is 0 Å². The zero-order valence-corrected chi connectivity index (χ0v) is 10.3. The highest BCUT2D eigenvalue weighted by molar-refractivity contribution is 5.16. The number of furan rings is 1. The molecule has 1 aromatic rings. The van der Waals surface area contributed by atoms with E-state index in [1.165, 1.54) is 0 Å². The van der Waals surface area contributed by atoms with Crippen LogP contribution in [-0.2, 0) is 0 Å². The molecule has 1 atom stereocenters. The van der Waals surface area contributed by atoms with E-state index in [-0.39, 0.29) is 0 Å². The Morgan fingerprint density at radius 3 is 2.41 bits per heavy atom. The Labute approximate surface area is 102 Å². The molecule has 1 aliphatic rings. The third kappa shape index (κ3) is 2.37. The third-order valence-electron chi connectivity index (χ3n) is 3.77. The molecule has 0 spiro atoms. The number of rotatable bonds is 2. The second kappa shape index (κ2) is 4.93. The third-order valence-corrected chi connectivity index (χ3v) is 3.77. The van der Waals surface area contributed by atoms with Crippen LogP contribution < -0.4 is 0 Å². The lowest BCUT2D eigenvalue weighted by molar-refractivity contribution is 0.0331. The molecule has 0 saturated heterocycles. The highest BCUT2D eigenvalue weighted by atomic mass is 16.4. The van der Waals surface area contributed by atoms with Gasteiger partial charge in [-0.15, -0.1) is 0 Å². The van der Waals surface area contributed by atoms with Gasteiger partial charge in [0, 0.05) is 0 Å². The van der Waals surface area contributed by atoms with Crippen LogP contribution in [0.5, 0.6) is 0 Å². The predicted octanol–water partition coefficient (Wildman–Crippen LogP) is 3.49. The summed E-state index contributed by atoms with van der Waals surface area (Å²) >= 11 is 0. The first-order valence-electron chi connectivity index (χ1n) is 6.34. The summed E-state index contributed by atoms with van der Waals surface area (Å²) in [6, 6.07) is 5.97. The largest absolute Gasteiger partial charge is 0.464 e. The smallest absolute Gasteiger partial charge is 0.134 e. The topological polar surface area (TPSA) is 57.2 Å². The molecule has 1 saturated carbocycles. The van der Waals surface area contributed by atoms with Crippen LogP contribution in [0.4, 0.5) is 0 Å².